The van der Waals surface area contributed by atoms with E-state index in [1.807, 2.05) is 12.1 Å². The number of hydrogen-bond acceptors (Lipinski definition) is 6. The van der Waals surface area contributed by atoms with Gasteiger partial charge in [-0.25, -0.2) is 9.78 Å². The molecule has 3 aromatic heterocycles. The highest BCUT2D eigenvalue weighted by Crippen LogP contribution is 2.32. The highest BCUT2D eigenvalue weighted by Gasteiger charge is 2.15. The van der Waals surface area contributed by atoms with Crippen LogP contribution in [0.5, 0.6) is 0 Å². The van der Waals surface area contributed by atoms with Crippen LogP contribution in [0.3, 0.4) is 0 Å². The molecule has 3 heterocycles. The van der Waals surface area contributed by atoms with E-state index in [0.29, 0.717) is 55.7 Å². The second-order valence-corrected chi connectivity index (χ2v) is 8.47. The third kappa shape index (κ3) is 4.01. The molecule has 7 nitrogen and oxygen atoms in total. The molecule has 36 heavy (non-hydrogen) atoms. The van der Waals surface area contributed by atoms with E-state index < -0.39 is 5.63 Å². The minimum atomic E-state index is -0.471. The molecule has 0 spiro atoms. The molecule has 6 aromatic rings. The van der Waals surface area contributed by atoms with Crippen molar-refractivity contribution in [1.82, 2.24) is 9.97 Å². The first kappa shape index (κ1) is 21.8. The lowest BCUT2D eigenvalue weighted by Gasteiger charge is -2.09. The Hall–Kier alpha value is -4.75. The van der Waals surface area contributed by atoms with E-state index in [2.05, 4.69) is 15.3 Å². The predicted octanol–water partition coefficient (Wildman–Crippen LogP) is 6.57. The van der Waals surface area contributed by atoms with Gasteiger partial charge in [0.25, 0.3) is 5.91 Å². The lowest BCUT2D eigenvalue weighted by atomic mass is 10.0. The quantitative estimate of drug-likeness (QED) is 0.279. The van der Waals surface area contributed by atoms with Gasteiger partial charge in [0.15, 0.2) is 11.2 Å². The number of nitrogens with one attached hydrogen (secondary N) is 1. The summed E-state index contributed by atoms with van der Waals surface area (Å²) in [6.07, 6.45) is 1.63. The summed E-state index contributed by atoms with van der Waals surface area (Å²) < 4.78 is 11.2. The maximum absolute atomic E-state index is 13.1. The van der Waals surface area contributed by atoms with Crippen molar-refractivity contribution in [3.8, 4) is 22.6 Å². The van der Waals surface area contributed by atoms with E-state index in [-0.39, 0.29) is 5.91 Å². The smallest absolute Gasteiger partial charge is 0.344 e. The predicted molar refractivity (Wildman–Crippen MR) is 138 cm³/mol. The van der Waals surface area contributed by atoms with Gasteiger partial charge in [0, 0.05) is 22.8 Å². The molecule has 0 radical (unpaired) electrons. The van der Waals surface area contributed by atoms with Crippen molar-refractivity contribution in [3.63, 3.8) is 0 Å². The molecular weight excluding hydrogens is 478 g/mol. The molecule has 1 amide bonds. The number of rotatable bonds is 4. The Balaban J connectivity index is 1.30. The summed E-state index contributed by atoms with van der Waals surface area (Å²) in [5.74, 6) is -0.0515. The lowest BCUT2D eigenvalue weighted by molar-refractivity contribution is 0.102. The van der Waals surface area contributed by atoms with E-state index in [9.17, 15) is 9.59 Å². The topological polar surface area (TPSA) is 98.2 Å². The number of nitrogens with zero attached hydrogens (tertiary/aromatic N) is 2. The Morgan fingerprint density at radius 3 is 2.58 bits per heavy atom. The van der Waals surface area contributed by atoms with Crippen LogP contribution in [0.25, 0.3) is 44.8 Å². The zero-order valence-corrected chi connectivity index (χ0v) is 19.3. The molecule has 0 bridgehead atoms. The SMILES string of the molecule is O=C(Nc1ccc(Cl)c(-c2nc3ncccc3o2)c1)c1cccc(-c2cc3ccccc3oc2=O)c1. The molecular formula is C28H16ClN3O4. The minimum Gasteiger partial charge on any atom is -0.434 e. The zero-order chi connectivity index (χ0) is 24.6. The number of oxazole rings is 1. The number of amides is 1. The number of para-hydroxylation sites is 1. The molecule has 0 aliphatic rings. The van der Waals surface area contributed by atoms with E-state index in [0.717, 1.165) is 5.39 Å². The van der Waals surface area contributed by atoms with Crippen LogP contribution in [0.1, 0.15) is 10.4 Å². The van der Waals surface area contributed by atoms with Crippen molar-refractivity contribution in [3.05, 3.63) is 112 Å². The standard InChI is InChI=1S/C28H16ClN3O4/c29-22-11-10-19(15-21(22)27-32-25-24(35-27)9-4-12-30-25)31-26(33)18-7-3-6-16(13-18)20-14-17-5-1-2-8-23(17)36-28(20)34/h1-15H,(H,31,33). The maximum atomic E-state index is 13.1. The zero-order valence-electron chi connectivity index (χ0n) is 18.6. The van der Waals surface area contributed by atoms with E-state index >= 15 is 0 Å². The number of benzene rings is 3. The summed E-state index contributed by atoms with van der Waals surface area (Å²) >= 11 is 6.39. The van der Waals surface area contributed by atoms with Crippen LogP contribution >= 0.6 is 11.6 Å². The average molecular weight is 494 g/mol. The second kappa shape index (κ2) is 8.79. The Bertz CT molecular complexity index is 1810. The van der Waals surface area contributed by atoms with Crippen LogP contribution in [0.15, 0.2) is 105 Å². The van der Waals surface area contributed by atoms with Crippen molar-refractivity contribution in [2.24, 2.45) is 0 Å². The number of carbonyl (C=O) groups excluding carboxylic acids is 1. The number of pyridine rings is 1. The van der Waals surface area contributed by atoms with Crippen LogP contribution < -0.4 is 10.9 Å². The molecule has 0 unspecified atom stereocenters. The first-order chi connectivity index (χ1) is 17.5. The molecule has 0 atom stereocenters. The van der Waals surface area contributed by atoms with Crippen molar-refractivity contribution >= 4 is 45.4 Å². The number of aromatic nitrogens is 2. The molecule has 0 aliphatic carbocycles. The third-order valence-electron chi connectivity index (χ3n) is 5.70. The second-order valence-electron chi connectivity index (χ2n) is 8.06. The number of fused-ring (bicyclic) bond motifs is 2. The van der Waals surface area contributed by atoms with Gasteiger partial charge in [-0.3, -0.25) is 4.79 Å². The van der Waals surface area contributed by atoms with Gasteiger partial charge in [0.1, 0.15) is 5.58 Å². The Morgan fingerprint density at radius 2 is 1.69 bits per heavy atom. The average Bonchev–Trinajstić information content (AvgIpc) is 3.33. The molecule has 3 aromatic carbocycles. The monoisotopic (exact) mass is 493 g/mol. The van der Waals surface area contributed by atoms with E-state index in [1.165, 1.54) is 0 Å². The number of anilines is 1. The first-order valence-corrected chi connectivity index (χ1v) is 11.4. The molecule has 0 aliphatic heterocycles. The molecule has 0 saturated carbocycles. The van der Waals surface area contributed by atoms with Crippen molar-refractivity contribution < 1.29 is 13.6 Å². The highest BCUT2D eigenvalue weighted by molar-refractivity contribution is 6.33. The maximum Gasteiger partial charge on any atom is 0.344 e. The fourth-order valence-electron chi connectivity index (χ4n) is 3.95. The number of halogens is 1. The van der Waals surface area contributed by atoms with E-state index in [1.54, 1.807) is 79.0 Å². The summed E-state index contributed by atoms with van der Waals surface area (Å²) in [5.41, 5.74) is 3.40. The van der Waals surface area contributed by atoms with Gasteiger partial charge in [0.2, 0.25) is 5.89 Å². The minimum absolute atomic E-state index is 0.301. The fraction of sp³-hybridized carbons (Fsp3) is 0. The summed E-state index contributed by atoms with van der Waals surface area (Å²) in [6.45, 7) is 0. The van der Waals surface area contributed by atoms with Crippen LogP contribution in [-0.4, -0.2) is 15.9 Å². The fourth-order valence-corrected chi connectivity index (χ4v) is 4.14. The lowest BCUT2D eigenvalue weighted by Crippen LogP contribution is -2.12. The number of hydrogen-bond donors (Lipinski definition) is 1. The van der Waals surface area contributed by atoms with Crippen LogP contribution in [0.4, 0.5) is 5.69 Å². The first-order valence-electron chi connectivity index (χ1n) is 11.0. The Labute approximate surface area is 209 Å². The summed E-state index contributed by atoms with van der Waals surface area (Å²) in [5, 5.41) is 4.09. The number of carbonyl (C=O) groups is 1. The van der Waals surface area contributed by atoms with Gasteiger partial charge in [-0.2, -0.15) is 4.98 Å². The molecule has 174 valence electrons. The van der Waals surface area contributed by atoms with Crippen molar-refractivity contribution in [2.75, 3.05) is 5.32 Å². The van der Waals surface area contributed by atoms with Gasteiger partial charge < -0.3 is 14.2 Å². The van der Waals surface area contributed by atoms with Crippen molar-refractivity contribution in [2.45, 2.75) is 0 Å². The van der Waals surface area contributed by atoms with Crippen LogP contribution in [0.2, 0.25) is 5.02 Å². The van der Waals surface area contributed by atoms with Crippen molar-refractivity contribution in [1.29, 1.82) is 0 Å². The largest absolute Gasteiger partial charge is 0.434 e. The normalized spacial score (nSPS) is 11.1. The molecule has 0 saturated heterocycles. The van der Waals surface area contributed by atoms with Gasteiger partial charge in [-0.1, -0.05) is 41.9 Å². The van der Waals surface area contributed by atoms with Gasteiger partial charge in [0.05, 0.1) is 16.1 Å². The van der Waals surface area contributed by atoms with E-state index in [4.69, 9.17) is 20.4 Å². The molecule has 6 rings (SSSR count). The Kier molecular flexibility index (Phi) is 5.32. The Morgan fingerprint density at radius 1 is 0.833 bits per heavy atom. The summed E-state index contributed by atoms with van der Waals surface area (Å²) in [7, 11) is 0. The van der Waals surface area contributed by atoms with Crippen LogP contribution in [0, 0.1) is 0 Å². The van der Waals surface area contributed by atoms with Gasteiger partial charge in [-0.15, -0.1) is 0 Å². The molecule has 0 fully saturated rings. The molecule has 8 heteroatoms. The molecule has 1 N–H and O–H groups in total. The van der Waals surface area contributed by atoms with Gasteiger partial charge >= 0.3 is 5.63 Å². The highest BCUT2D eigenvalue weighted by atomic mass is 35.5. The van der Waals surface area contributed by atoms with Gasteiger partial charge in [-0.05, 0) is 60.2 Å². The third-order valence-corrected chi connectivity index (χ3v) is 6.03. The summed E-state index contributed by atoms with van der Waals surface area (Å²) in [4.78, 5) is 34.2. The summed E-state index contributed by atoms with van der Waals surface area (Å²) in [6, 6.07) is 24.4. The van der Waals surface area contributed by atoms with Crippen LogP contribution in [-0.2, 0) is 0 Å².